The predicted molar refractivity (Wildman–Crippen MR) is 84.8 cm³/mol. The van der Waals surface area contributed by atoms with Gasteiger partial charge >= 0.3 is 0 Å². The van der Waals surface area contributed by atoms with E-state index in [9.17, 15) is 10.1 Å². The van der Waals surface area contributed by atoms with Crippen molar-refractivity contribution in [3.63, 3.8) is 0 Å². The van der Waals surface area contributed by atoms with Crippen molar-refractivity contribution in [2.24, 2.45) is 0 Å². The molecule has 6 heteroatoms. The molecule has 0 saturated carbocycles. The lowest BCUT2D eigenvalue weighted by Crippen LogP contribution is -1.95. The molecule has 0 aliphatic heterocycles. The summed E-state index contributed by atoms with van der Waals surface area (Å²) < 4.78 is 5.26. The Bertz CT molecular complexity index is 674. The number of nitro groups is 1. The van der Waals surface area contributed by atoms with Gasteiger partial charge in [-0.15, -0.1) is 11.8 Å². The van der Waals surface area contributed by atoms with Gasteiger partial charge in [0.15, 0.2) is 0 Å². The van der Waals surface area contributed by atoms with Gasteiger partial charge in [-0.2, -0.15) is 0 Å². The number of benzene rings is 2. The lowest BCUT2D eigenvalue weighted by molar-refractivity contribution is -0.384. The van der Waals surface area contributed by atoms with Crippen molar-refractivity contribution in [1.29, 1.82) is 0 Å². The Morgan fingerprint density at radius 3 is 2.76 bits per heavy atom. The summed E-state index contributed by atoms with van der Waals surface area (Å²) in [5, 5.41) is 10.9. The summed E-state index contributed by atoms with van der Waals surface area (Å²) >= 11 is 1.54. The number of nitrogen functional groups attached to an aromatic ring is 1. The Morgan fingerprint density at radius 1 is 1.33 bits per heavy atom. The molecule has 2 N–H and O–H groups in total. The quantitative estimate of drug-likeness (QED) is 0.393. The zero-order valence-corrected chi connectivity index (χ0v) is 12.6. The van der Waals surface area contributed by atoms with Crippen LogP contribution in [0, 0.1) is 17.0 Å². The highest BCUT2D eigenvalue weighted by Gasteiger charge is 2.12. The summed E-state index contributed by atoms with van der Waals surface area (Å²) in [7, 11) is 1.55. The molecule has 0 fully saturated rings. The van der Waals surface area contributed by atoms with E-state index in [0.29, 0.717) is 11.5 Å². The Balaban J connectivity index is 2.24. The number of anilines is 1. The normalized spacial score (nSPS) is 10.4. The Kier molecular flexibility index (Phi) is 4.70. The first kappa shape index (κ1) is 15.2. The number of non-ortho nitro benzene ring substituents is 1. The third-order valence-corrected chi connectivity index (χ3v) is 4.26. The lowest BCUT2D eigenvalue weighted by atomic mass is 10.2. The summed E-state index contributed by atoms with van der Waals surface area (Å²) in [4.78, 5) is 11.4. The summed E-state index contributed by atoms with van der Waals surface area (Å²) in [6, 6.07) is 10.4. The molecule has 110 valence electrons. The van der Waals surface area contributed by atoms with Crippen molar-refractivity contribution in [2.75, 3.05) is 12.8 Å². The third-order valence-electron chi connectivity index (χ3n) is 3.14. The predicted octanol–water partition coefficient (Wildman–Crippen LogP) is 3.79. The molecule has 0 heterocycles. The standard InChI is InChI=1S/C15H16N2O3S/c1-10-4-3-5-14(15(10)16)21-9-11-8-12(17(18)19)6-7-13(11)20-2/h3-8H,9,16H2,1-2H3. The summed E-state index contributed by atoms with van der Waals surface area (Å²) in [5.74, 6) is 1.19. The Labute approximate surface area is 127 Å². The molecular weight excluding hydrogens is 288 g/mol. The lowest BCUT2D eigenvalue weighted by Gasteiger charge is -2.10. The van der Waals surface area contributed by atoms with E-state index >= 15 is 0 Å². The number of nitro benzene ring substituents is 1. The minimum absolute atomic E-state index is 0.0589. The highest BCUT2D eigenvalue weighted by Crippen LogP contribution is 2.34. The Morgan fingerprint density at radius 2 is 2.10 bits per heavy atom. The van der Waals surface area contributed by atoms with Crippen molar-refractivity contribution >= 4 is 23.1 Å². The van der Waals surface area contributed by atoms with Crippen LogP contribution in [0.15, 0.2) is 41.3 Å². The maximum Gasteiger partial charge on any atom is 0.270 e. The number of hydrogen-bond acceptors (Lipinski definition) is 5. The zero-order chi connectivity index (χ0) is 15.4. The van der Waals surface area contributed by atoms with E-state index in [1.807, 2.05) is 25.1 Å². The summed E-state index contributed by atoms with van der Waals surface area (Å²) in [6.07, 6.45) is 0. The van der Waals surface area contributed by atoms with Crippen LogP contribution >= 0.6 is 11.8 Å². The van der Waals surface area contributed by atoms with E-state index in [0.717, 1.165) is 21.7 Å². The highest BCUT2D eigenvalue weighted by atomic mass is 32.2. The number of nitrogens with zero attached hydrogens (tertiary/aromatic N) is 1. The highest BCUT2D eigenvalue weighted by molar-refractivity contribution is 7.98. The van der Waals surface area contributed by atoms with E-state index in [1.54, 1.807) is 13.2 Å². The molecule has 0 bridgehead atoms. The molecule has 0 radical (unpaired) electrons. The number of aryl methyl sites for hydroxylation is 1. The second-order valence-electron chi connectivity index (χ2n) is 4.53. The third kappa shape index (κ3) is 3.46. The van der Waals surface area contributed by atoms with E-state index in [1.165, 1.54) is 23.9 Å². The number of nitrogens with two attached hydrogens (primary N) is 1. The molecule has 0 spiro atoms. The van der Waals surface area contributed by atoms with E-state index in [-0.39, 0.29) is 5.69 Å². The van der Waals surface area contributed by atoms with Gasteiger partial charge in [0, 0.05) is 34.0 Å². The summed E-state index contributed by atoms with van der Waals surface area (Å²) in [5.41, 5.74) is 8.63. The van der Waals surface area contributed by atoms with Gasteiger partial charge in [-0.3, -0.25) is 10.1 Å². The largest absolute Gasteiger partial charge is 0.496 e. The van der Waals surface area contributed by atoms with Crippen LogP contribution in [0.3, 0.4) is 0 Å². The molecule has 5 nitrogen and oxygen atoms in total. The number of methoxy groups -OCH3 is 1. The van der Waals surface area contributed by atoms with Crippen molar-refractivity contribution in [2.45, 2.75) is 17.6 Å². The van der Waals surface area contributed by atoms with Gasteiger partial charge in [-0.05, 0) is 24.6 Å². The number of para-hydroxylation sites is 1. The first-order valence-electron chi connectivity index (χ1n) is 6.32. The van der Waals surface area contributed by atoms with Gasteiger partial charge in [0.1, 0.15) is 5.75 Å². The fourth-order valence-electron chi connectivity index (χ4n) is 1.93. The van der Waals surface area contributed by atoms with Crippen LogP contribution < -0.4 is 10.5 Å². The average molecular weight is 304 g/mol. The molecule has 0 saturated heterocycles. The van der Waals surface area contributed by atoms with Gasteiger partial charge in [0.05, 0.1) is 12.0 Å². The number of hydrogen-bond donors (Lipinski definition) is 1. The van der Waals surface area contributed by atoms with Crippen molar-refractivity contribution in [3.05, 3.63) is 57.6 Å². The van der Waals surface area contributed by atoms with Gasteiger partial charge in [-0.1, -0.05) is 12.1 Å². The number of rotatable bonds is 5. The topological polar surface area (TPSA) is 78.4 Å². The van der Waals surface area contributed by atoms with Crippen molar-refractivity contribution in [3.8, 4) is 5.75 Å². The first-order chi connectivity index (χ1) is 10.0. The molecule has 2 aromatic rings. The first-order valence-corrected chi connectivity index (χ1v) is 7.30. The number of thioether (sulfide) groups is 1. The smallest absolute Gasteiger partial charge is 0.270 e. The molecule has 0 aromatic heterocycles. The van der Waals surface area contributed by atoms with Crippen molar-refractivity contribution in [1.82, 2.24) is 0 Å². The summed E-state index contributed by atoms with van der Waals surface area (Å²) in [6.45, 7) is 1.95. The molecule has 0 aliphatic rings. The van der Waals surface area contributed by atoms with Crippen LogP contribution in [0.4, 0.5) is 11.4 Å². The SMILES string of the molecule is COc1ccc([N+](=O)[O-])cc1CSc1cccc(C)c1N. The second-order valence-corrected chi connectivity index (χ2v) is 5.55. The maximum atomic E-state index is 10.9. The maximum absolute atomic E-state index is 10.9. The molecule has 0 unspecified atom stereocenters. The zero-order valence-electron chi connectivity index (χ0n) is 11.8. The van der Waals surface area contributed by atoms with E-state index < -0.39 is 4.92 Å². The average Bonchev–Trinajstić information content (AvgIpc) is 2.48. The van der Waals surface area contributed by atoms with Crippen LogP contribution in [0.5, 0.6) is 5.75 Å². The Hall–Kier alpha value is -2.21. The molecule has 2 rings (SSSR count). The van der Waals surface area contributed by atoms with Gasteiger partial charge < -0.3 is 10.5 Å². The van der Waals surface area contributed by atoms with E-state index in [4.69, 9.17) is 10.5 Å². The van der Waals surface area contributed by atoms with Crippen LogP contribution in [-0.4, -0.2) is 12.0 Å². The minimum Gasteiger partial charge on any atom is -0.496 e. The molecule has 0 atom stereocenters. The van der Waals surface area contributed by atoms with Crippen LogP contribution in [0.1, 0.15) is 11.1 Å². The second kappa shape index (κ2) is 6.49. The monoisotopic (exact) mass is 304 g/mol. The van der Waals surface area contributed by atoms with E-state index in [2.05, 4.69) is 0 Å². The molecule has 0 amide bonds. The van der Waals surface area contributed by atoms with Crippen molar-refractivity contribution < 1.29 is 9.66 Å². The molecule has 0 aliphatic carbocycles. The van der Waals surface area contributed by atoms with Gasteiger partial charge in [-0.25, -0.2) is 0 Å². The molecule has 2 aromatic carbocycles. The number of ether oxygens (including phenoxy) is 1. The fraction of sp³-hybridized carbons (Fsp3) is 0.200. The minimum atomic E-state index is -0.408. The van der Waals surface area contributed by atoms with Gasteiger partial charge in [0.25, 0.3) is 5.69 Å². The van der Waals surface area contributed by atoms with Crippen LogP contribution in [0.25, 0.3) is 0 Å². The van der Waals surface area contributed by atoms with Crippen LogP contribution in [-0.2, 0) is 5.75 Å². The van der Waals surface area contributed by atoms with Crippen LogP contribution in [0.2, 0.25) is 0 Å². The molecular formula is C15H16N2O3S. The fourth-order valence-corrected chi connectivity index (χ4v) is 2.95. The molecule has 21 heavy (non-hydrogen) atoms. The van der Waals surface area contributed by atoms with Gasteiger partial charge in [0.2, 0.25) is 0 Å².